The number of hydrogen-bond donors (Lipinski definition) is 0. The zero-order valence-corrected chi connectivity index (χ0v) is 46.4. The minimum atomic E-state index is 0.131. The van der Waals surface area contributed by atoms with Gasteiger partial charge in [0.25, 0.3) is 0 Å². The van der Waals surface area contributed by atoms with Gasteiger partial charge in [0.15, 0.2) is 0 Å². The molecule has 0 N–H and O–H groups in total. The Balaban J connectivity index is 0.866. The van der Waals surface area contributed by atoms with Crippen LogP contribution in [-0.4, -0.2) is 27.4 Å². The van der Waals surface area contributed by atoms with Gasteiger partial charge in [-0.05, 0) is 133 Å². The summed E-state index contributed by atoms with van der Waals surface area (Å²) in [6, 6.07) is 100. The number of rotatable bonds is 6. The van der Waals surface area contributed by atoms with Gasteiger partial charge < -0.3 is 27.4 Å². The van der Waals surface area contributed by atoms with E-state index in [2.05, 4.69) is 308 Å². The van der Waals surface area contributed by atoms with Crippen molar-refractivity contribution in [3.05, 3.63) is 267 Å². The lowest BCUT2D eigenvalue weighted by Gasteiger charge is -2.51. The van der Waals surface area contributed by atoms with Crippen LogP contribution in [0.1, 0.15) is 25.9 Å². The Bertz CT molecular complexity index is 4910. The Morgan fingerprint density at radius 3 is 0.560 bits per heavy atom. The Kier molecular flexibility index (Phi) is 9.33. The van der Waals surface area contributed by atoms with Crippen molar-refractivity contribution < 1.29 is 0 Å². The van der Waals surface area contributed by atoms with Gasteiger partial charge >= 0.3 is 0 Å². The fourth-order valence-corrected chi connectivity index (χ4v) is 15.9. The Morgan fingerprint density at radius 1 is 0.190 bits per heavy atom. The number of aromatic nitrogens is 6. The topological polar surface area (TPSA) is 29.6 Å². The summed E-state index contributed by atoms with van der Waals surface area (Å²) in [5, 5.41) is 15.1. The Hall–Kier alpha value is -10.6. The standard InChI is InChI=1S/C78H54N6/c1-47-48(2)78(84-75-41-37-51(81-69-31-15-7-23-57(69)58-24-8-16-32-70(58)81)45-63(75)64-46-52(38-42-76(64)84)82-71-33-17-9-25-59(71)60-26-10-18-34-72(60)82)77(47)83-73-39-35-49(79-65-27-11-3-19-53(65)54-20-4-12-28-66(54)79)43-61(73)62-44-50(36-40-74(62)83)80-67-29-13-5-21-55(67)56-22-6-14-30-68(56)80/h3-48,77-78H,1-2H3. The molecule has 18 aromatic rings. The molecule has 4 atom stereocenters. The summed E-state index contributed by atoms with van der Waals surface area (Å²) in [4.78, 5) is 0. The molecular formula is C78H54N6. The summed E-state index contributed by atoms with van der Waals surface area (Å²) in [5.41, 5.74) is 19.4. The zero-order chi connectivity index (χ0) is 55.1. The summed E-state index contributed by atoms with van der Waals surface area (Å²) >= 11 is 0. The van der Waals surface area contributed by atoms with Crippen molar-refractivity contribution in [3.63, 3.8) is 0 Å². The van der Waals surface area contributed by atoms with Crippen molar-refractivity contribution >= 4 is 131 Å². The monoisotopic (exact) mass is 1070 g/mol. The summed E-state index contributed by atoms with van der Waals surface area (Å²) in [5.74, 6) is 0.730. The minimum Gasteiger partial charge on any atom is -0.335 e. The summed E-state index contributed by atoms with van der Waals surface area (Å²) < 4.78 is 15.4. The first-order chi connectivity index (χ1) is 41.6. The van der Waals surface area contributed by atoms with Gasteiger partial charge in [0.1, 0.15) is 0 Å². The van der Waals surface area contributed by atoms with Crippen LogP contribution in [0.4, 0.5) is 0 Å². The van der Waals surface area contributed by atoms with Crippen LogP contribution in [0.3, 0.4) is 0 Å². The highest BCUT2D eigenvalue weighted by Gasteiger charge is 2.49. The van der Waals surface area contributed by atoms with E-state index in [1.807, 2.05) is 0 Å². The molecular weight excluding hydrogens is 1020 g/mol. The Morgan fingerprint density at radius 2 is 0.369 bits per heavy atom. The molecule has 1 fully saturated rings. The van der Waals surface area contributed by atoms with Crippen molar-refractivity contribution in [3.8, 4) is 22.7 Å². The molecule has 6 heteroatoms. The van der Waals surface area contributed by atoms with E-state index in [9.17, 15) is 0 Å². The lowest BCUT2D eigenvalue weighted by atomic mass is 9.66. The molecule has 1 aliphatic rings. The van der Waals surface area contributed by atoms with Crippen molar-refractivity contribution in [1.82, 2.24) is 27.4 Å². The molecule has 0 spiro atoms. The third-order valence-corrected chi connectivity index (χ3v) is 19.7. The molecule has 0 amide bonds. The maximum Gasteiger partial charge on any atom is 0.0581 e. The molecule has 0 bridgehead atoms. The van der Waals surface area contributed by atoms with Gasteiger partial charge in [-0.1, -0.05) is 159 Å². The van der Waals surface area contributed by atoms with E-state index in [0.717, 1.165) is 22.7 Å². The largest absolute Gasteiger partial charge is 0.335 e. The van der Waals surface area contributed by atoms with Crippen LogP contribution in [0.2, 0.25) is 0 Å². The second-order valence-electron chi connectivity index (χ2n) is 23.7. The third-order valence-electron chi connectivity index (χ3n) is 19.7. The molecule has 6 nitrogen and oxygen atoms in total. The molecule has 4 unspecified atom stereocenters. The predicted octanol–water partition coefficient (Wildman–Crippen LogP) is 20.4. The average molecular weight is 1080 g/mol. The molecule has 6 heterocycles. The zero-order valence-electron chi connectivity index (χ0n) is 46.4. The molecule has 0 saturated heterocycles. The van der Waals surface area contributed by atoms with Crippen molar-refractivity contribution in [2.75, 3.05) is 0 Å². The maximum absolute atomic E-state index is 2.75. The fraction of sp³-hybridized carbons (Fsp3) is 0.0769. The average Bonchev–Trinajstić information content (AvgIpc) is 2.00. The number of hydrogen-bond acceptors (Lipinski definition) is 0. The van der Waals surface area contributed by atoms with Gasteiger partial charge in [-0.15, -0.1) is 0 Å². The van der Waals surface area contributed by atoms with E-state index in [4.69, 9.17) is 0 Å². The van der Waals surface area contributed by atoms with Crippen LogP contribution in [0.15, 0.2) is 267 Å². The third kappa shape index (κ3) is 6.08. The molecule has 19 rings (SSSR count). The quantitative estimate of drug-likeness (QED) is 0.159. The molecule has 6 aromatic heterocycles. The molecule has 84 heavy (non-hydrogen) atoms. The Labute approximate surface area is 483 Å². The first-order valence-electron chi connectivity index (χ1n) is 29.7. The number of benzene rings is 12. The smallest absolute Gasteiger partial charge is 0.0581 e. The van der Waals surface area contributed by atoms with Gasteiger partial charge in [-0.25, -0.2) is 0 Å². The molecule has 396 valence electrons. The summed E-state index contributed by atoms with van der Waals surface area (Å²) in [7, 11) is 0. The van der Waals surface area contributed by atoms with Crippen molar-refractivity contribution in [2.24, 2.45) is 11.8 Å². The molecule has 1 saturated carbocycles. The highest BCUT2D eigenvalue weighted by molar-refractivity contribution is 6.16. The van der Waals surface area contributed by atoms with Crippen LogP contribution in [0.25, 0.3) is 154 Å². The van der Waals surface area contributed by atoms with Gasteiger partial charge in [0.05, 0.1) is 56.2 Å². The SMILES string of the molecule is CC1C(C)C(n2c3ccc(-n4c5ccccc5c5ccccc54)cc3c3cc(-n4c5ccccc5c5ccccc54)ccc32)C1n1c2ccc(-n3c4ccccc4c4ccccc43)cc2c2cc(-n3c4ccccc4c4ccccc43)ccc21. The predicted molar refractivity (Wildman–Crippen MR) is 353 cm³/mol. The number of nitrogens with zero attached hydrogens (tertiary/aromatic N) is 6. The van der Waals surface area contributed by atoms with Crippen LogP contribution >= 0.6 is 0 Å². The van der Waals surface area contributed by atoms with Gasteiger partial charge in [-0.3, -0.25) is 0 Å². The maximum atomic E-state index is 2.75. The summed E-state index contributed by atoms with van der Waals surface area (Å²) in [6.07, 6.45) is 0. The van der Waals surface area contributed by atoms with Gasteiger partial charge in [-0.2, -0.15) is 0 Å². The van der Waals surface area contributed by atoms with E-state index in [-0.39, 0.29) is 12.1 Å². The number of para-hydroxylation sites is 8. The van der Waals surface area contributed by atoms with E-state index in [1.165, 1.54) is 131 Å². The van der Waals surface area contributed by atoms with Crippen LogP contribution in [0, 0.1) is 11.8 Å². The first kappa shape index (κ1) is 46.1. The highest BCUT2D eigenvalue weighted by Crippen LogP contribution is 2.57. The molecule has 0 radical (unpaired) electrons. The van der Waals surface area contributed by atoms with E-state index in [0.29, 0.717) is 11.8 Å². The molecule has 12 aromatic carbocycles. The second kappa shape index (κ2) is 17.0. The fourth-order valence-electron chi connectivity index (χ4n) is 15.9. The lowest BCUT2D eigenvalue weighted by Crippen LogP contribution is -2.46. The lowest BCUT2D eigenvalue weighted by molar-refractivity contribution is 0.0338. The van der Waals surface area contributed by atoms with E-state index in [1.54, 1.807) is 0 Å². The van der Waals surface area contributed by atoms with E-state index >= 15 is 0 Å². The summed E-state index contributed by atoms with van der Waals surface area (Å²) in [6.45, 7) is 4.99. The van der Waals surface area contributed by atoms with Crippen LogP contribution in [0.5, 0.6) is 0 Å². The first-order valence-corrected chi connectivity index (χ1v) is 29.7. The molecule has 0 aliphatic heterocycles. The highest BCUT2D eigenvalue weighted by atomic mass is 15.2. The van der Waals surface area contributed by atoms with Gasteiger partial charge in [0.2, 0.25) is 0 Å². The van der Waals surface area contributed by atoms with E-state index < -0.39 is 0 Å². The second-order valence-corrected chi connectivity index (χ2v) is 23.7. The van der Waals surface area contributed by atoms with Crippen LogP contribution in [-0.2, 0) is 0 Å². The minimum absolute atomic E-state index is 0.131. The number of fused-ring (bicyclic) bond motifs is 18. The normalized spacial score (nSPS) is 16.7. The van der Waals surface area contributed by atoms with Crippen molar-refractivity contribution in [2.45, 2.75) is 25.9 Å². The molecule has 1 aliphatic carbocycles. The van der Waals surface area contributed by atoms with Crippen molar-refractivity contribution in [1.29, 1.82) is 0 Å². The van der Waals surface area contributed by atoms with Crippen LogP contribution < -0.4 is 0 Å². The van der Waals surface area contributed by atoms with Gasteiger partial charge in [0, 0.05) is 109 Å².